The highest BCUT2D eigenvalue weighted by atomic mass is 19.1. The van der Waals surface area contributed by atoms with Crippen molar-refractivity contribution in [1.29, 1.82) is 0 Å². The Kier molecular flexibility index (Phi) is 5.51. The molecule has 0 spiro atoms. The van der Waals surface area contributed by atoms with E-state index in [9.17, 15) is 14.0 Å². The normalized spacial score (nSPS) is 14.2. The molecule has 0 aliphatic carbocycles. The third kappa shape index (κ3) is 4.20. The molecule has 1 fully saturated rings. The van der Waals surface area contributed by atoms with Crippen molar-refractivity contribution in [3.05, 3.63) is 65.5 Å². The van der Waals surface area contributed by atoms with Crippen molar-refractivity contribution in [2.24, 2.45) is 0 Å². The second kappa shape index (κ2) is 7.99. The van der Waals surface area contributed by atoms with Crippen LogP contribution in [-0.4, -0.2) is 54.4 Å². The summed E-state index contributed by atoms with van der Waals surface area (Å²) in [5.41, 5.74) is 1.13. The van der Waals surface area contributed by atoms with Crippen LogP contribution in [-0.2, 0) is 4.79 Å². The summed E-state index contributed by atoms with van der Waals surface area (Å²) in [7, 11) is 0. The van der Waals surface area contributed by atoms with Crippen molar-refractivity contribution in [3.8, 4) is 5.75 Å². The van der Waals surface area contributed by atoms with Gasteiger partial charge in [-0.25, -0.2) is 4.39 Å². The molecule has 0 atom stereocenters. The van der Waals surface area contributed by atoms with Gasteiger partial charge in [0.15, 0.2) is 6.61 Å². The van der Waals surface area contributed by atoms with E-state index in [1.165, 1.54) is 12.1 Å². The summed E-state index contributed by atoms with van der Waals surface area (Å²) in [6, 6.07) is 13.5. The fourth-order valence-electron chi connectivity index (χ4n) is 2.91. The number of benzene rings is 2. The first-order valence-electron chi connectivity index (χ1n) is 8.55. The minimum Gasteiger partial charge on any atom is -0.484 e. The van der Waals surface area contributed by atoms with Crippen LogP contribution in [0.15, 0.2) is 48.5 Å². The average molecular weight is 356 g/mol. The van der Waals surface area contributed by atoms with Crippen molar-refractivity contribution in [2.45, 2.75) is 6.92 Å². The van der Waals surface area contributed by atoms with Crippen LogP contribution in [0.1, 0.15) is 15.9 Å². The molecular weight excluding hydrogens is 335 g/mol. The van der Waals surface area contributed by atoms with Gasteiger partial charge < -0.3 is 14.5 Å². The van der Waals surface area contributed by atoms with Crippen molar-refractivity contribution in [2.75, 3.05) is 32.8 Å². The van der Waals surface area contributed by atoms with E-state index in [1.54, 1.807) is 21.9 Å². The predicted molar refractivity (Wildman–Crippen MR) is 95.6 cm³/mol. The van der Waals surface area contributed by atoms with Crippen LogP contribution in [0.2, 0.25) is 0 Å². The second-order valence-electron chi connectivity index (χ2n) is 6.26. The molecule has 1 aliphatic heterocycles. The number of ether oxygens (including phenoxy) is 1. The maximum absolute atomic E-state index is 13.8. The standard InChI is InChI=1S/C20H21FN2O3/c1-15-5-4-6-16(13-15)26-14-19(24)22-9-11-23(12-10-22)20(25)17-7-2-3-8-18(17)21/h2-8,13H,9-12,14H2,1H3. The Morgan fingerprint density at radius 1 is 1.00 bits per heavy atom. The number of rotatable bonds is 4. The van der Waals surface area contributed by atoms with Crippen LogP contribution in [0.5, 0.6) is 5.75 Å². The molecule has 26 heavy (non-hydrogen) atoms. The number of piperazine rings is 1. The van der Waals surface area contributed by atoms with Gasteiger partial charge in [0.25, 0.3) is 11.8 Å². The van der Waals surface area contributed by atoms with Gasteiger partial charge in [-0.2, -0.15) is 0 Å². The Balaban J connectivity index is 1.51. The quantitative estimate of drug-likeness (QED) is 0.846. The molecule has 1 heterocycles. The number of carbonyl (C=O) groups excluding carboxylic acids is 2. The van der Waals surface area contributed by atoms with Crippen LogP contribution < -0.4 is 4.74 Å². The van der Waals surface area contributed by atoms with Gasteiger partial charge in [-0.3, -0.25) is 9.59 Å². The second-order valence-corrected chi connectivity index (χ2v) is 6.26. The molecule has 2 amide bonds. The van der Waals surface area contributed by atoms with Crippen molar-refractivity contribution in [3.63, 3.8) is 0 Å². The molecule has 1 saturated heterocycles. The third-order valence-electron chi connectivity index (χ3n) is 4.38. The number of carbonyl (C=O) groups is 2. The number of halogens is 1. The van der Waals surface area contributed by atoms with Gasteiger partial charge in [-0.15, -0.1) is 0 Å². The molecular formula is C20H21FN2O3. The van der Waals surface area contributed by atoms with Crippen molar-refractivity contribution >= 4 is 11.8 Å². The lowest BCUT2D eigenvalue weighted by atomic mass is 10.1. The summed E-state index contributed by atoms with van der Waals surface area (Å²) in [6.45, 7) is 3.50. The molecule has 6 heteroatoms. The Hall–Kier alpha value is -2.89. The van der Waals surface area contributed by atoms with Crippen molar-refractivity contribution in [1.82, 2.24) is 9.80 Å². The molecule has 1 aliphatic rings. The summed E-state index contributed by atoms with van der Waals surface area (Å²) in [5.74, 6) is -0.329. The first kappa shape index (κ1) is 17.9. The van der Waals surface area contributed by atoms with Crippen LogP contribution in [0, 0.1) is 12.7 Å². The zero-order valence-corrected chi connectivity index (χ0v) is 14.7. The maximum atomic E-state index is 13.8. The molecule has 0 saturated carbocycles. The number of nitrogens with zero attached hydrogens (tertiary/aromatic N) is 2. The molecule has 0 radical (unpaired) electrons. The van der Waals surface area contributed by atoms with E-state index in [2.05, 4.69) is 0 Å². The first-order chi connectivity index (χ1) is 12.5. The first-order valence-corrected chi connectivity index (χ1v) is 8.55. The van der Waals surface area contributed by atoms with Gasteiger partial charge in [-0.1, -0.05) is 24.3 Å². The monoisotopic (exact) mass is 356 g/mol. The van der Waals surface area contributed by atoms with Crippen LogP contribution in [0.4, 0.5) is 4.39 Å². The van der Waals surface area contributed by atoms with E-state index in [4.69, 9.17) is 4.74 Å². The highest BCUT2D eigenvalue weighted by Crippen LogP contribution is 2.14. The SMILES string of the molecule is Cc1cccc(OCC(=O)N2CCN(C(=O)c3ccccc3F)CC2)c1. The van der Waals surface area contributed by atoms with Gasteiger partial charge in [0.05, 0.1) is 5.56 Å². The Bertz CT molecular complexity index is 801. The van der Waals surface area contributed by atoms with E-state index in [-0.39, 0.29) is 24.0 Å². The fraction of sp³-hybridized carbons (Fsp3) is 0.300. The molecule has 136 valence electrons. The molecule has 0 unspecified atom stereocenters. The van der Waals surface area contributed by atoms with Crippen LogP contribution in [0.25, 0.3) is 0 Å². The zero-order valence-electron chi connectivity index (χ0n) is 14.7. The summed E-state index contributed by atoms with van der Waals surface area (Å²) in [6.07, 6.45) is 0. The van der Waals surface area contributed by atoms with E-state index in [1.807, 2.05) is 31.2 Å². The maximum Gasteiger partial charge on any atom is 0.260 e. The van der Waals surface area contributed by atoms with E-state index >= 15 is 0 Å². The number of aryl methyl sites for hydroxylation is 1. The molecule has 5 nitrogen and oxygen atoms in total. The number of hydrogen-bond acceptors (Lipinski definition) is 3. The molecule has 0 bridgehead atoms. The molecule has 0 N–H and O–H groups in total. The minimum absolute atomic E-state index is 0.0370. The zero-order chi connectivity index (χ0) is 18.5. The van der Waals surface area contributed by atoms with Gasteiger partial charge in [0.2, 0.25) is 0 Å². The van der Waals surface area contributed by atoms with E-state index < -0.39 is 5.82 Å². The summed E-state index contributed by atoms with van der Waals surface area (Å²) in [4.78, 5) is 27.9. The van der Waals surface area contributed by atoms with Crippen LogP contribution in [0.3, 0.4) is 0 Å². The summed E-state index contributed by atoms with van der Waals surface area (Å²) < 4.78 is 19.3. The Morgan fingerprint density at radius 2 is 1.69 bits per heavy atom. The fourth-order valence-corrected chi connectivity index (χ4v) is 2.91. The summed E-state index contributed by atoms with van der Waals surface area (Å²) in [5, 5.41) is 0. The average Bonchev–Trinajstić information content (AvgIpc) is 2.66. The largest absolute Gasteiger partial charge is 0.484 e. The third-order valence-corrected chi connectivity index (χ3v) is 4.38. The van der Waals surface area contributed by atoms with E-state index in [0.29, 0.717) is 31.9 Å². The van der Waals surface area contributed by atoms with Gasteiger partial charge >= 0.3 is 0 Å². The Morgan fingerprint density at radius 3 is 2.38 bits per heavy atom. The van der Waals surface area contributed by atoms with E-state index in [0.717, 1.165) is 5.56 Å². The molecule has 3 rings (SSSR count). The number of hydrogen-bond donors (Lipinski definition) is 0. The molecule has 2 aromatic rings. The summed E-state index contributed by atoms with van der Waals surface area (Å²) >= 11 is 0. The highest BCUT2D eigenvalue weighted by Gasteiger charge is 2.26. The minimum atomic E-state index is -0.525. The lowest BCUT2D eigenvalue weighted by Crippen LogP contribution is -2.51. The Labute approximate surface area is 152 Å². The lowest BCUT2D eigenvalue weighted by Gasteiger charge is -2.34. The lowest BCUT2D eigenvalue weighted by molar-refractivity contribution is -0.134. The smallest absolute Gasteiger partial charge is 0.260 e. The van der Waals surface area contributed by atoms with Gasteiger partial charge in [0, 0.05) is 26.2 Å². The topological polar surface area (TPSA) is 49.9 Å². The van der Waals surface area contributed by atoms with Gasteiger partial charge in [-0.05, 0) is 36.8 Å². The van der Waals surface area contributed by atoms with Crippen molar-refractivity contribution < 1.29 is 18.7 Å². The van der Waals surface area contributed by atoms with Crippen LogP contribution >= 0.6 is 0 Å². The predicted octanol–water partition coefficient (Wildman–Crippen LogP) is 2.50. The molecule has 0 aromatic heterocycles. The number of amides is 2. The van der Waals surface area contributed by atoms with Gasteiger partial charge in [0.1, 0.15) is 11.6 Å². The molecule has 2 aromatic carbocycles. The highest BCUT2D eigenvalue weighted by molar-refractivity contribution is 5.94.